The lowest BCUT2D eigenvalue weighted by molar-refractivity contribution is 0.0955. The predicted octanol–water partition coefficient (Wildman–Crippen LogP) is 2.78. The highest BCUT2D eigenvalue weighted by Gasteiger charge is 2.08. The van der Waals surface area contributed by atoms with Gasteiger partial charge in [0.15, 0.2) is 0 Å². The first kappa shape index (κ1) is 16.4. The summed E-state index contributed by atoms with van der Waals surface area (Å²) in [5.74, 6) is 0.0225. The Morgan fingerprint density at radius 1 is 1.20 bits per heavy atom. The number of halogens is 1. The van der Waals surface area contributed by atoms with Crippen LogP contribution in [0.1, 0.15) is 15.9 Å². The molecule has 0 spiro atoms. The third-order valence-electron chi connectivity index (χ3n) is 3.43. The second-order valence-corrected chi connectivity index (χ2v) is 5.12. The zero-order chi connectivity index (χ0) is 17.6. The smallest absolute Gasteiger partial charge is 0.274 e. The van der Waals surface area contributed by atoms with Crippen molar-refractivity contribution in [3.8, 4) is 11.4 Å². The van der Waals surface area contributed by atoms with Crippen LogP contribution in [0.3, 0.4) is 0 Å². The number of carbonyl (C=O) groups is 1. The van der Waals surface area contributed by atoms with Crippen molar-refractivity contribution in [3.05, 3.63) is 77.9 Å². The van der Waals surface area contributed by atoms with E-state index in [0.717, 1.165) is 11.4 Å². The standard InChI is InChI=1S/C18H15FN4O2/c1-25-17-8-6-16(7-9-17)23-12-14(11-21-23)18(24)22-20-10-13-2-4-15(19)5-3-13/h2-12H,1H3,(H,22,24)/b20-10-. The third kappa shape index (κ3) is 4.08. The topological polar surface area (TPSA) is 68.5 Å². The van der Waals surface area contributed by atoms with Gasteiger partial charge in [-0.25, -0.2) is 14.5 Å². The average molecular weight is 338 g/mol. The number of methoxy groups -OCH3 is 1. The predicted molar refractivity (Wildman–Crippen MR) is 91.6 cm³/mol. The summed E-state index contributed by atoms with van der Waals surface area (Å²) in [7, 11) is 1.60. The molecule has 0 fully saturated rings. The summed E-state index contributed by atoms with van der Waals surface area (Å²) < 4.78 is 19.5. The number of nitrogens with one attached hydrogen (secondary N) is 1. The number of hydrogen-bond donors (Lipinski definition) is 1. The van der Waals surface area contributed by atoms with Crippen molar-refractivity contribution in [3.63, 3.8) is 0 Å². The SMILES string of the molecule is COc1ccc(-n2cc(C(=O)N/N=C\c3ccc(F)cc3)cn2)cc1. The van der Waals surface area contributed by atoms with E-state index in [1.165, 1.54) is 24.5 Å². The van der Waals surface area contributed by atoms with E-state index in [1.807, 2.05) is 24.3 Å². The highest BCUT2D eigenvalue weighted by molar-refractivity contribution is 5.94. The minimum atomic E-state index is -0.391. The Morgan fingerprint density at radius 3 is 2.60 bits per heavy atom. The molecule has 1 N–H and O–H groups in total. The van der Waals surface area contributed by atoms with Crippen LogP contribution in [0.15, 0.2) is 66.0 Å². The van der Waals surface area contributed by atoms with E-state index in [1.54, 1.807) is 30.1 Å². The molecule has 3 aromatic rings. The maximum Gasteiger partial charge on any atom is 0.274 e. The molecule has 6 nitrogen and oxygen atoms in total. The molecule has 0 bridgehead atoms. The summed E-state index contributed by atoms with van der Waals surface area (Å²) in [6.45, 7) is 0. The number of amides is 1. The number of benzene rings is 2. The van der Waals surface area contributed by atoms with Crippen LogP contribution in [-0.2, 0) is 0 Å². The van der Waals surface area contributed by atoms with Gasteiger partial charge in [-0.05, 0) is 42.0 Å². The van der Waals surface area contributed by atoms with Crippen molar-refractivity contribution in [2.45, 2.75) is 0 Å². The van der Waals surface area contributed by atoms with E-state index in [-0.39, 0.29) is 5.82 Å². The van der Waals surface area contributed by atoms with Crippen LogP contribution in [0.2, 0.25) is 0 Å². The van der Waals surface area contributed by atoms with E-state index in [9.17, 15) is 9.18 Å². The van der Waals surface area contributed by atoms with Crippen LogP contribution in [0, 0.1) is 5.82 Å². The molecule has 0 saturated carbocycles. The molecule has 0 saturated heterocycles. The summed E-state index contributed by atoms with van der Waals surface area (Å²) in [6, 6.07) is 13.1. The number of ether oxygens (including phenoxy) is 1. The molecule has 7 heteroatoms. The molecule has 0 atom stereocenters. The van der Waals surface area contributed by atoms with E-state index in [0.29, 0.717) is 11.1 Å². The summed E-state index contributed by atoms with van der Waals surface area (Å²) in [6.07, 6.45) is 4.49. The Labute approximate surface area is 143 Å². The molecule has 0 radical (unpaired) electrons. The first-order chi connectivity index (χ1) is 12.2. The van der Waals surface area contributed by atoms with Crippen molar-refractivity contribution >= 4 is 12.1 Å². The number of hydrazone groups is 1. The van der Waals surface area contributed by atoms with E-state index in [2.05, 4.69) is 15.6 Å². The van der Waals surface area contributed by atoms with Gasteiger partial charge < -0.3 is 4.74 Å². The first-order valence-corrected chi connectivity index (χ1v) is 7.44. The highest BCUT2D eigenvalue weighted by atomic mass is 19.1. The average Bonchev–Trinajstić information content (AvgIpc) is 3.13. The van der Waals surface area contributed by atoms with Gasteiger partial charge in [0, 0.05) is 6.20 Å². The van der Waals surface area contributed by atoms with Gasteiger partial charge >= 0.3 is 0 Å². The molecule has 0 aliphatic rings. The van der Waals surface area contributed by atoms with Gasteiger partial charge in [0.2, 0.25) is 0 Å². The normalized spacial score (nSPS) is 10.8. The molecule has 0 aliphatic carbocycles. The third-order valence-corrected chi connectivity index (χ3v) is 3.43. The number of hydrogen-bond acceptors (Lipinski definition) is 4. The lowest BCUT2D eigenvalue weighted by Gasteiger charge is -2.02. The molecule has 1 aromatic heterocycles. The first-order valence-electron chi connectivity index (χ1n) is 7.44. The second-order valence-electron chi connectivity index (χ2n) is 5.12. The summed E-state index contributed by atoms with van der Waals surface area (Å²) >= 11 is 0. The highest BCUT2D eigenvalue weighted by Crippen LogP contribution is 2.14. The van der Waals surface area contributed by atoms with Crippen molar-refractivity contribution in [1.82, 2.24) is 15.2 Å². The lowest BCUT2D eigenvalue weighted by atomic mass is 10.2. The van der Waals surface area contributed by atoms with Gasteiger partial charge in [-0.2, -0.15) is 10.2 Å². The van der Waals surface area contributed by atoms with Crippen molar-refractivity contribution < 1.29 is 13.9 Å². The van der Waals surface area contributed by atoms with Crippen LogP contribution in [0.25, 0.3) is 5.69 Å². The summed E-state index contributed by atoms with van der Waals surface area (Å²) in [4.78, 5) is 12.1. The fourth-order valence-corrected chi connectivity index (χ4v) is 2.10. The van der Waals surface area contributed by atoms with Gasteiger partial charge in [-0.15, -0.1) is 0 Å². The molecule has 126 valence electrons. The molecule has 3 rings (SSSR count). The van der Waals surface area contributed by atoms with Crippen molar-refractivity contribution in [2.75, 3.05) is 7.11 Å². The Morgan fingerprint density at radius 2 is 1.92 bits per heavy atom. The quantitative estimate of drug-likeness (QED) is 0.574. The zero-order valence-electron chi connectivity index (χ0n) is 13.4. The molecular formula is C18H15FN4O2. The van der Waals surface area contributed by atoms with Crippen molar-refractivity contribution in [2.24, 2.45) is 5.10 Å². The van der Waals surface area contributed by atoms with Crippen LogP contribution in [0.4, 0.5) is 4.39 Å². The molecule has 1 heterocycles. The van der Waals surface area contributed by atoms with E-state index in [4.69, 9.17) is 4.74 Å². The van der Waals surface area contributed by atoms with E-state index < -0.39 is 5.91 Å². The summed E-state index contributed by atoms with van der Waals surface area (Å²) in [5.41, 5.74) is 4.25. The fraction of sp³-hybridized carbons (Fsp3) is 0.0556. The van der Waals surface area contributed by atoms with Gasteiger partial charge in [-0.3, -0.25) is 4.79 Å². The monoisotopic (exact) mass is 338 g/mol. The minimum absolute atomic E-state index is 0.327. The zero-order valence-corrected chi connectivity index (χ0v) is 13.4. The van der Waals surface area contributed by atoms with Gasteiger partial charge in [0.1, 0.15) is 11.6 Å². The summed E-state index contributed by atoms with van der Waals surface area (Å²) in [5, 5.41) is 8.01. The molecule has 1 amide bonds. The maximum absolute atomic E-state index is 12.8. The minimum Gasteiger partial charge on any atom is -0.497 e. The van der Waals surface area contributed by atoms with E-state index >= 15 is 0 Å². The van der Waals surface area contributed by atoms with Crippen LogP contribution in [0.5, 0.6) is 5.75 Å². The van der Waals surface area contributed by atoms with Gasteiger partial charge in [-0.1, -0.05) is 12.1 Å². The number of nitrogens with zero attached hydrogens (tertiary/aromatic N) is 3. The fourth-order valence-electron chi connectivity index (χ4n) is 2.10. The lowest BCUT2D eigenvalue weighted by Crippen LogP contribution is -2.16. The van der Waals surface area contributed by atoms with Gasteiger partial charge in [0.05, 0.1) is 30.8 Å². The molecular weight excluding hydrogens is 323 g/mol. The second kappa shape index (κ2) is 7.39. The Balaban J connectivity index is 1.64. The van der Waals surface area contributed by atoms with Crippen LogP contribution in [-0.4, -0.2) is 29.0 Å². The number of carbonyl (C=O) groups excluding carboxylic acids is 1. The van der Waals surface area contributed by atoms with Crippen LogP contribution >= 0.6 is 0 Å². The molecule has 0 aliphatic heterocycles. The Kier molecular flexibility index (Phi) is 4.84. The molecule has 0 unspecified atom stereocenters. The largest absolute Gasteiger partial charge is 0.497 e. The van der Waals surface area contributed by atoms with Crippen molar-refractivity contribution in [1.29, 1.82) is 0 Å². The van der Waals surface area contributed by atoms with Gasteiger partial charge in [0.25, 0.3) is 5.91 Å². The van der Waals surface area contributed by atoms with Crippen LogP contribution < -0.4 is 10.2 Å². The Bertz CT molecular complexity index is 886. The Hall–Kier alpha value is -3.48. The number of rotatable bonds is 5. The molecule has 25 heavy (non-hydrogen) atoms. The molecule has 2 aromatic carbocycles. The maximum atomic E-state index is 12.8. The number of aromatic nitrogens is 2.